The van der Waals surface area contributed by atoms with Crippen LogP contribution in [0, 0.1) is 0 Å². The van der Waals surface area contributed by atoms with Gasteiger partial charge in [-0.3, -0.25) is 0 Å². The van der Waals surface area contributed by atoms with Gasteiger partial charge in [0.15, 0.2) is 0 Å². The number of aromatic nitrogens is 1. The second-order valence-electron chi connectivity index (χ2n) is 6.47. The molecule has 2 rings (SSSR count). The molecule has 3 nitrogen and oxygen atoms in total. The zero-order valence-electron chi connectivity index (χ0n) is 12.5. The van der Waals surface area contributed by atoms with Crippen LogP contribution in [0.2, 0.25) is 0 Å². The fourth-order valence-electron chi connectivity index (χ4n) is 2.38. The molecule has 1 fully saturated rings. The molecule has 1 aliphatic rings. The van der Waals surface area contributed by atoms with Crippen LogP contribution in [-0.2, 0) is 12.0 Å². The minimum atomic E-state index is 0.179. The van der Waals surface area contributed by atoms with Crippen molar-refractivity contribution in [3.05, 3.63) is 16.1 Å². The predicted molar refractivity (Wildman–Crippen MR) is 82.8 cm³/mol. The van der Waals surface area contributed by atoms with E-state index < -0.39 is 0 Å². The molecule has 4 heteroatoms. The molecular formula is C15H27N3S. The lowest BCUT2D eigenvalue weighted by atomic mass is 9.98. The smallest absolute Gasteiger partial charge is 0.0982 e. The molecular weight excluding hydrogens is 254 g/mol. The maximum absolute atomic E-state index is 4.70. The molecule has 1 N–H and O–H groups in total. The van der Waals surface area contributed by atoms with Crippen LogP contribution in [0.15, 0.2) is 5.38 Å². The maximum atomic E-state index is 4.70. The number of likely N-dealkylation sites (tertiary alicyclic amines) is 1. The van der Waals surface area contributed by atoms with Gasteiger partial charge in [0.05, 0.1) is 10.7 Å². The topological polar surface area (TPSA) is 28.2 Å². The molecule has 2 heterocycles. The van der Waals surface area contributed by atoms with Gasteiger partial charge >= 0.3 is 0 Å². The molecule has 0 radical (unpaired) electrons. The summed E-state index contributed by atoms with van der Waals surface area (Å²) in [6.07, 6.45) is 4.03. The number of nitrogens with one attached hydrogen (secondary N) is 1. The van der Waals surface area contributed by atoms with E-state index >= 15 is 0 Å². The van der Waals surface area contributed by atoms with E-state index in [0.717, 1.165) is 13.1 Å². The minimum Gasteiger partial charge on any atom is -0.311 e. The zero-order chi connectivity index (χ0) is 13.7. The van der Waals surface area contributed by atoms with Gasteiger partial charge in [-0.2, -0.15) is 0 Å². The van der Waals surface area contributed by atoms with Crippen molar-refractivity contribution in [1.82, 2.24) is 15.2 Å². The van der Waals surface area contributed by atoms with Crippen LogP contribution in [0.5, 0.6) is 0 Å². The molecule has 1 aliphatic heterocycles. The first-order chi connectivity index (χ1) is 9.05. The van der Waals surface area contributed by atoms with Crippen LogP contribution in [0.25, 0.3) is 0 Å². The van der Waals surface area contributed by atoms with E-state index in [1.807, 2.05) is 0 Å². The SMILES string of the molecule is CC(C)(C)c1nc(CNCCCN2CCCC2)cs1. The number of hydrogen-bond acceptors (Lipinski definition) is 4. The first-order valence-electron chi connectivity index (χ1n) is 7.44. The summed E-state index contributed by atoms with van der Waals surface area (Å²) in [6.45, 7) is 12.5. The molecule has 1 saturated heterocycles. The molecule has 1 aromatic heterocycles. The van der Waals surface area contributed by atoms with Crippen molar-refractivity contribution in [2.45, 2.75) is 52.0 Å². The molecule has 0 amide bonds. The average molecular weight is 281 g/mol. The normalized spacial score (nSPS) is 17.2. The van der Waals surface area contributed by atoms with Gasteiger partial charge < -0.3 is 10.2 Å². The third-order valence-corrected chi connectivity index (χ3v) is 4.84. The number of rotatable bonds is 6. The quantitative estimate of drug-likeness (QED) is 0.813. The first-order valence-corrected chi connectivity index (χ1v) is 8.31. The summed E-state index contributed by atoms with van der Waals surface area (Å²) < 4.78 is 0. The van der Waals surface area contributed by atoms with Gasteiger partial charge in [0, 0.05) is 17.3 Å². The molecule has 0 saturated carbocycles. The maximum Gasteiger partial charge on any atom is 0.0982 e. The predicted octanol–water partition coefficient (Wildman–Crippen LogP) is 3.02. The van der Waals surface area contributed by atoms with E-state index in [4.69, 9.17) is 4.98 Å². The van der Waals surface area contributed by atoms with Crippen molar-refractivity contribution in [2.24, 2.45) is 0 Å². The highest BCUT2D eigenvalue weighted by Crippen LogP contribution is 2.25. The molecule has 0 bridgehead atoms. The number of thiazole rings is 1. The molecule has 0 aromatic carbocycles. The van der Waals surface area contributed by atoms with Gasteiger partial charge in [0.1, 0.15) is 0 Å². The van der Waals surface area contributed by atoms with E-state index in [9.17, 15) is 0 Å². The highest BCUT2D eigenvalue weighted by molar-refractivity contribution is 7.09. The Morgan fingerprint density at radius 3 is 2.68 bits per heavy atom. The highest BCUT2D eigenvalue weighted by Gasteiger charge is 2.17. The van der Waals surface area contributed by atoms with Crippen molar-refractivity contribution in [3.8, 4) is 0 Å². The molecule has 0 unspecified atom stereocenters. The Morgan fingerprint density at radius 2 is 2.05 bits per heavy atom. The summed E-state index contributed by atoms with van der Waals surface area (Å²) in [7, 11) is 0. The summed E-state index contributed by atoms with van der Waals surface area (Å²) in [4.78, 5) is 7.27. The van der Waals surface area contributed by atoms with Gasteiger partial charge in [-0.1, -0.05) is 20.8 Å². The van der Waals surface area contributed by atoms with Crippen LogP contribution in [0.3, 0.4) is 0 Å². The van der Waals surface area contributed by atoms with E-state index in [1.165, 1.54) is 49.6 Å². The van der Waals surface area contributed by atoms with E-state index in [-0.39, 0.29) is 5.41 Å². The number of hydrogen-bond donors (Lipinski definition) is 1. The van der Waals surface area contributed by atoms with E-state index in [1.54, 1.807) is 11.3 Å². The summed E-state index contributed by atoms with van der Waals surface area (Å²) in [6, 6.07) is 0. The molecule has 108 valence electrons. The standard InChI is InChI=1S/C15H27N3S/c1-15(2,3)14-17-13(12-19-14)11-16-7-6-10-18-8-4-5-9-18/h12,16H,4-11H2,1-3H3. The highest BCUT2D eigenvalue weighted by atomic mass is 32.1. The third-order valence-electron chi connectivity index (χ3n) is 3.53. The van der Waals surface area contributed by atoms with Crippen LogP contribution in [-0.4, -0.2) is 36.1 Å². The van der Waals surface area contributed by atoms with Gasteiger partial charge in [-0.15, -0.1) is 11.3 Å². The zero-order valence-corrected chi connectivity index (χ0v) is 13.4. The fourth-order valence-corrected chi connectivity index (χ4v) is 3.29. The van der Waals surface area contributed by atoms with Crippen LogP contribution >= 0.6 is 11.3 Å². The third kappa shape index (κ3) is 4.86. The second kappa shape index (κ2) is 6.82. The molecule has 0 spiro atoms. The molecule has 19 heavy (non-hydrogen) atoms. The number of nitrogens with zero attached hydrogens (tertiary/aromatic N) is 2. The lowest BCUT2D eigenvalue weighted by Gasteiger charge is -2.14. The summed E-state index contributed by atoms with van der Waals surface area (Å²) in [5, 5.41) is 6.93. The van der Waals surface area contributed by atoms with Crippen molar-refractivity contribution >= 4 is 11.3 Å². The Hall–Kier alpha value is -0.450. The van der Waals surface area contributed by atoms with E-state index in [2.05, 4.69) is 36.4 Å². The van der Waals surface area contributed by atoms with Gasteiger partial charge in [-0.05, 0) is 45.4 Å². The van der Waals surface area contributed by atoms with Crippen molar-refractivity contribution in [1.29, 1.82) is 0 Å². The second-order valence-corrected chi connectivity index (χ2v) is 7.33. The van der Waals surface area contributed by atoms with Crippen LogP contribution in [0.1, 0.15) is 50.7 Å². The van der Waals surface area contributed by atoms with Crippen molar-refractivity contribution < 1.29 is 0 Å². The van der Waals surface area contributed by atoms with Gasteiger partial charge in [-0.25, -0.2) is 4.98 Å². The first kappa shape index (κ1) is 14.9. The summed E-state index contributed by atoms with van der Waals surface area (Å²) >= 11 is 1.78. The Bertz CT molecular complexity index is 375. The Kier molecular flexibility index (Phi) is 5.37. The van der Waals surface area contributed by atoms with Crippen molar-refractivity contribution in [2.75, 3.05) is 26.2 Å². The average Bonchev–Trinajstić information content (AvgIpc) is 2.97. The Morgan fingerprint density at radius 1 is 1.32 bits per heavy atom. The lowest BCUT2D eigenvalue weighted by Crippen LogP contribution is -2.24. The van der Waals surface area contributed by atoms with Gasteiger partial charge in [0.25, 0.3) is 0 Å². The van der Waals surface area contributed by atoms with Crippen LogP contribution < -0.4 is 5.32 Å². The Labute approximate surface area is 121 Å². The molecule has 1 aromatic rings. The van der Waals surface area contributed by atoms with Crippen molar-refractivity contribution in [3.63, 3.8) is 0 Å². The lowest BCUT2D eigenvalue weighted by molar-refractivity contribution is 0.331. The summed E-state index contributed by atoms with van der Waals surface area (Å²) in [5.41, 5.74) is 1.37. The molecule has 0 aliphatic carbocycles. The largest absolute Gasteiger partial charge is 0.311 e. The Balaban J connectivity index is 1.61. The molecule has 0 atom stereocenters. The van der Waals surface area contributed by atoms with E-state index in [0.29, 0.717) is 0 Å². The monoisotopic (exact) mass is 281 g/mol. The van der Waals surface area contributed by atoms with Crippen LogP contribution in [0.4, 0.5) is 0 Å². The summed E-state index contributed by atoms with van der Waals surface area (Å²) in [5.74, 6) is 0. The van der Waals surface area contributed by atoms with Gasteiger partial charge in [0.2, 0.25) is 0 Å². The minimum absolute atomic E-state index is 0.179. The fraction of sp³-hybridized carbons (Fsp3) is 0.800.